The van der Waals surface area contributed by atoms with Crippen molar-refractivity contribution in [3.63, 3.8) is 0 Å². The van der Waals surface area contributed by atoms with E-state index in [0.29, 0.717) is 18.0 Å². The van der Waals surface area contributed by atoms with Gasteiger partial charge in [-0.25, -0.2) is 0 Å². The largest absolute Gasteiger partial charge is 0.337 e. The Labute approximate surface area is 111 Å². The minimum absolute atomic E-state index is 0.389. The third-order valence-corrected chi connectivity index (χ3v) is 4.65. The molecule has 1 N–H and O–H groups in total. The number of nitrogens with zero attached hydrogens (tertiary/aromatic N) is 1. The number of hydrogen-bond donors (Lipinski definition) is 1. The molecule has 0 aromatic heterocycles. The molecule has 2 saturated heterocycles. The summed E-state index contributed by atoms with van der Waals surface area (Å²) in [6.07, 6.45) is 8.03. The second-order valence-corrected chi connectivity index (χ2v) is 6.18. The van der Waals surface area contributed by atoms with Gasteiger partial charge < -0.3 is 10.2 Å². The van der Waals surface area contributed by atoms with Crippen molar-refractivity contribution in [2.45, 2.75) is 70.9 Å². The summed E-state index contributed by atoms with van der Waals surface area (Å²) in [5, 5.41) is 3.43. The standard InChI is InChI=1S/C15H28N2O/c1-12-5-3-6-13(2)17(12)15(18)9-8-14-7-4-10-16-11-14/h12-14,16H,3-11H2,1-2H3. The summed E-state index contributed by atoms with van der Waals surface area (Å²) in [6, 6.07) is 0.900. The van der Waals surface area contributed by atoms with Gasteiger partial charge in [0.25, 0.3) is 0 Å². The van der Waals surface area contributed by atoms with Crippen molar-refractivity contribution < 1.29 is 4.79 Å². The van der Waals surface area contributed by atoms with Gasteiger partial charge in [-0.05, 0) is 71.4 Å². The van der Waals surface area contributed by atoms with Gasteiger partial charge in [0.1, 0.15) is 0 Å². The van der Waals surface area contributed by atoms with E-state index in [1.807, 2.05) is 0 Å². The predicted octanol–water partition coefficient (Wildman–Crippen LogP) is 2.56. The average molecular weight is 252 g/mol. The lowest BCUT2D eigenvalue weighted by molar-refractivity contribution is -0.137. The molecule has 3 nitrogen and oxygen atoms in total. The molecule has 2 rings (SSSR count). The van der Waals surface area contributed by atoms with Crippen molar-refractivity contribution in [2.24, 2.45) is 5.92 Å². The monoisotopic (exact) mass is 252 g/mol. The molecule has 0 spiro atoms. The van der Waals surface area contributed by atoms with Crippen molar-refractivity contribution in [3.8, 4) is 0 Å². The maximum Gasteiger partial charge on any atom is 0.223 e. The second kappa shape index (κ2) is 6.55. The van der Waals surface area contributed by atoms with Crippen LogP contribution in [0.5, 0.6) is 0 Å². The molecule has 0 radical (unpaired) electrons. The minimum Gasteiger partial charge on any atom is -0.337 e. The van der Waals surface area contributed by atoms with E-state index >= 15 is 0 Å². The molecular weight excluding hydrogens is 224 g/mol. The van der Waals surface area contributed by atoms with Crippen molar-refractivity contribution >= 4 is 5.91 Å². The minimum atomic E-state index is 0.389. The zero-order chi connectivity index (χ0) is 13.0. The lowest BCUT2D eigenvalue weighted by Gasteiger charge is -2.39. The molecule has 18 heavy (non-hydrogen) atoms. The molecule has 2 aliphatic heterocycles. The molecule has 2 aliphatic rings. The van der Waals surface area contributed by atoms with Gasteiger partial charge in [-0.15, -0.1) is 0 Å². The number of hydrogen-bond acceptors (Lipinski definition) is 2. The lowest BCUT2D eigenvalue weighted by atomic mass is 9.93. The normalized spacial score (nSPS) is 33.4. The fourth-order valence-electron chi connectivity index (χ4n) is 3.54. The fraction of sp³-hybridized carbons (Fsp3) is 0.933. The van der Waals surface area contributed by atoms with Crippen LogP contribution in [0, 0.1) is 5.92 Å². The topological polar surface area (TPSA) is 32.3 Å². The van der Waals surface area contributed by atoms with Crippen LogP contribution in [0.1, 0.15) is 58.8 Å². The van der Waals surface area contributed by atoms with E-state index < -0.39 is 0 Å². The van der Waals surface area contributed by atoms with Crippen LogP contribution in [0.3, 0.4) is 0 Å². The maximum atomic E-state index is 12.4. The highest BCUT2D eigenvalue weighted by Crippen LogP contribution is 2.24. The summed E-state index contributed by atoms with van der Waals surface area (Å²) in [6.45, 7) is 6.68. The van der Waals surface area contributed by atoms with E-state index in [9.17, 15) is 4.79 Å². The van der Waals surface area contributed by atoms with Gasteiger partial charge >= 0.3 is 0 Å². The molecule has 3 atom stereocenters. The van der Waals surface area contributed by atoms with Crippen LogP contribution in [0.15, 0.2) is 0 Å². The molecule has 0 bridgehead atoms. The van der Waals surface area contributed by atoms with Crippen LogP contribution in [-0.4, -0.2) is 36.0 Å². The van der Waals surface area contributed by atoms with Crippen LogP contribution in [0.2, 0.25) is 0 Å². The fourth-order valence-corrected chi connectivity index (χ4v) is 3.54. The quantitative estimate of drug-likeness (QED) is 0.837. The third-order valence-electron chi connectivity index (χ3n) is 4.65. The molecular formula is C15H28N2O. The van der Waals surface area contributed by atoms with Gasteiger partial charge in [0.2, 0.25) is 5.91 Å². The number of rotatable bonds is 3. The Kier molecular flexibility index (Phi) is 5.04. The number of piperidine rings is 2. The number of carbonyl (C=O) groups excluding carboxylic acids is 1. The van der Waals surface area contributed by atoms with E-state index in [1.165, 1.54) is 32.1 Å². The SMILES string of the molecule is CC1CCCC(C)N1C(=O)CCC1CCCNC1. The van der Waals surface area contributed by atoms with Crippen molar-refractivity contribution in [1.29, 1.82) is 0 Å². The Bertz CT molecular complexity index is 264. The first-order valence-electron chi connectivity index (χ1n) is 7.70. The van der Waals surface area contributed by atoms with E-state index in [1.54, 1.807) is 0 Å². The molecule has 2 fully saturated rings. The first-order chi connectivity index (χ1) is 8.68. The third kappa shape index (κ3) is 3.47. The second-order valence-electron chi connectivity index (χ2n) is 6.18. The van der Waals surface area contributed by atoms with Crippen LogP contribution in [0.25, 0.3) is 0 Å². The summed E-state index contributed by atoms with van der Waals surface area (Å²) in [5.41, 5.74) is 0. The zero-order valence-electron chi connectivity index (χ0n) is 12.0. The molecule has 104 valence electrons. The van der Waals surface area contributed by atoms with Gasteiger partial charge in [0, 0.05) is 18.5 Å². The molecule has 0 aromatic carbocycles. The molecule has 0 saturated carbocycles. The summed E-state index contributed by atoms with van der Waals surface area (Å²) in [5.74, 6) is 1.11. The molecule has 3 heteroatoms. The predicted molar refractivity (Wildman–Crippen MR) is 74.4 cm³/mol. The highest BCUT2D eigenvalue weighted by Gasteiger charge is 2.28. The number of nitrogens with one attached hydrogen (secondary N) is 1. The summed E-state index contributed by atoms with van der Waals surface area (Å²) >= 11 is 0. The smallest absolute Gasteiger partial charge is 0.223 e. The molecule has 1 amide bonds. The highest BCUT2D eigenvalue weighted by molar-refractivity contribution is 5.77. The van der Waals surface area contributed by atoms with Crippen LogP contribution in [-0.2, 0) is 4.79 Å². The van der Waals surface area contributed by atoms with Crippen molar-refractivity contribution in [2.75, 3.05) is 13.1 Å². The number of likely N-dealkylation sites (tertiary alicyclic amines) is 1. The number of amides is 1. The van der Waals surface area contributed by atoms with E-state index in [0.717, 1.165) is 31.8 Å². The Balaban J connectivity index is 1.79. The van der Waals surface area contributed by atoms with E-state index in [2.05, 4.69) is 24.1 Å². The van der Waals surface area contributed by atoms with Gasteiger partial charge in [-0.3, -0.25) is 4.79 Å². The van der Waals surface area contributed by atoms with Crippen LogP contribution < -0.4 is 5.32 Å². The first-order valence-corrected chi connectivity index (χ1v) is 7.70. The van der Waals surface area contributed by atoms with Crippen LogP contribution >= 0.6 is 0 Å². The summed E-state index contributed by atoms with van der Waals surface area (Å²) in [4.78, 5) is 14.5. The Hall–Kier alpha value is -0.570. The van der Waals surface area contributed by atoms with Crippen molar-refractivity contribution in [3.05, 3.63) is 0 Å². The molecule has 0 aromatic rings. The molecule has 3 unspecified atom stereocenters. The Morgan fingerprint density at radius 2 is 1.89 bits per heavy atom. The summed E-state index contributed by atoms with van der Waals surface area (Å²) < 4.78 is 0. The van der Waals surface area contributed by atoms with Gasteiger partial charge in [-0.1, -0.05) is 0 Å². The highest BCUT2D eigenvalue weighted by atomic mass is 16.2. The molecule has 2 heterocycles. The maximum absolute atomic E-state index is 12.4. The summed E-state index contributed by atoms with van der Waals surface area (Å²) in [7, 11) is 0. The number of carbonyl (C=O) groups is 1. The first kappa shape index (κ1) is 13.9. The average Bonchev–Trinajstić information content (AvgIpc) is 2.37. The lowest BCUT2D eigenvalue weighted by Crippen LogP contribution is -2.47. The molecule has 0 aliphatic carbocycles. The van der Waals surface area contributed by atoms with E-state index in [4.69, 9.17) is 0 Å². The van der Waals surface area contributed by atoms with Gasteiger partial charge in [0.05, 0.1) is 0 Å². The van der Waals surface area contributed by atoms with Gasteiger partial charge in [-0.2, -0.15) is 0 Å². The zero-order valence-corrected chi connectivity index (χ0v) is 12.0. The van der Waals surface area contributed by atoms with Gasteiger partial charge in [0.15, 0.2) is 0 Å². The van der Waals surface area contributed by atoms with Crippen molar-refractivity contribution in [1.82, 2.24) is 10.2 Å². The Morgan fingerprint density at radius 3 is 2.50 bits per heavy atom. The van der Waals surface area contributed by atoms with E-state index in [-0.39, 0.29) is 0 Å². The van der Waals surface area contributed by atoms with Crippen LogP contribution in [0.4, 0.5) is 0 Å². The Morgan fingerprint density at radius 1 is 1.17 bits per heavy atom.